The first-order chi connectivity index (χ1) is 13.3. The fourth-order valence-corrected chi connectivity index (χ4v) is 2.41. The van der Waals surface area contributed by atoms with E-state index in [0.29, 0.717) is 5.02 Å². The second-order valence-electron chi connectivity index (χ2n) is 5.39. The van der Waals surface area contributed by atoms with E-state index in [4.69, 9.17) is 32.7 Å². The number of nitro groups is 1. The Kier molecular flexibility index (Phi) is 7.42. The summed E-state index contributed by atoms with van der Waals surface area (Å²) < 4.78 is 10.5. The molecule has 0 aliphatic rings. The molecule has 2 N–H and O–H groups in total. The van der Waals surface area contributed by atoms with Gasteiger partial charge >= 0.3 is 5.69 Å². The summed E-state index contributed by atoms with van der Waals surface area (Å²) in [6, 6.07) is 10.1. The standard InChI is InChI=1S/C17H15Cl2N3O6/c1-10(28-14-7-6-11(18)8-12(14)19)17(24)21-20-16(23)9-27-15-5-3-2-4-13(15)22(25)26/h2-8,10H,9H2,1H3,(H,20,23)(H,21,24). The molecule has 1 unspecified atom stereocenters. The number of ether oxygens (including phenoxy) is 2. The van der Waals surface area contributed by atoms with Gasteiger partial charge in [-0.1, -0.05) is 35.3 Å². The van der Waals surface area contributed by atoms with E-state index < -0.39 is 29.4 Å². The zero-order valence-corrected chi connectivity index (χ0v) is 16.0. The fourth-order valence-electron chi connectivity index (χ4n) is 1.96. The van der Waals surface area contributed by atoms with Crippen LogP contribution in [0.3, 0.4) is 0 Å². The summed E-state index contributed by atoms with van der Waals surface area (Å²) in [5, 5.41) is 11.5. The van der Waals surface area contributed by atoms with E-state index in [1.807, 2.05) is 0 Å². The Bertz CT molecular complexity index is 893. The van der Waals surface area contributed by atoms with Crippen LogP contribution in [0, 0.1) is 10.1 Å². The molecule has 0 heterocycles. The summed E-state index contributed by atoms with van der Waals surface area (Å²) in [7, 11) is 0. The van der Waals surface area contributed by atoms with Crippen molar-refractivity contribution in [3.63, 3.8) is 0 Å². The highest BCUT2D eigenvalue weighted by atomic mass is 35.5. The van der Waals surface area contributed by atoms with Crippen LogP contribution >= 0.6 is 23.2 Å². The zero-order chi connectivity index (χ0) is 20.7. The molecule has 11 heteroatoms. The van der Waals surface area contributed by atoms with Crippen LogP contribution < -0.4 is 20.3 Å². The Morgan fingerprint density at radius 1 is 1.14 bits per heavy atom. The van der Waals surface area contributed by atoms with Crippen molar-refractivity contribution in [2.75, 3.05) is 6.61 Å². The smallest absolute Gasteiger partial charge is 0.310 e. The Morgan fingerprint density at radius 3 is 2.54 bits per heavy atom. The van der Waals surface area contributed by atoms with Gasteiger partial charge in [0.15, 0.2) is 18.5 Å². The summed E-state index contributed by atoms with van der Waals surface area (Å²) in [6.07, 6.45) is -0.977. The van der Waals surface area contributed by atoms with E-state index in [0.717, 1.165) is 0 Å². The molecule has 0 saturated carbocycles. The first-order valence-corrected chi connectivity index (χ1v) is 8.60. The number of carbonyl (C=O) groups is 2. The van der Waals surface area contributed by atoms with E-state index in [2.05, 4.69) is 10.9 Å². The number of nitrogens with zero attached hydrogens (tertiary/aromatic N) is 1. The summed E-state index contributed by atoms with van der Waals surface area (Å²) in [4.78, 5) is 34.0. The Morgan fingerprint density at radius 2 is 1.86 bits per heavy atom. The van der Waals surface area contributed by atoms with E-state index in [9.17, 15) is 19.7 Å². The van der Waals surface area contributed by atoms with Gasteiger partial charge in [0, 0.05) is 11.1 Å². The van der Waals surface area contributed by atoms with E-state index >= 15 is 0 Å². The van der Waals surface area contributed by atoms with Crippen LogP contribution in [0.15, 0.2) is 42.5 Å². The predicted octanol–water partition coefficient (Wildman–Crippen LogP) is 2.90. The quantitative estimate of drug-likeness (QED) is 0.517. The van der Waals surface area contributed by atoms with Crippen LogP contribution in [-0.4, -0.2) is 29.4 Å². The molecule has 1 atom stereocenters. The summed E-state index contributed by atoms with van der Waals surface area (Å²) in [5.41, 5.74) is 4.01. The third-order valence-corrected chi connectivity index (χ3v) is 3.84. The largest absolute Gasteiger partial charge is 0.479 e. The molecule has 28 heavy (non-hydrogen) atoms. The third-order valence-electron chi connectivity index (χ3n) is 3.31. The summed E-state index contributed by atoms with van der Waals surface area (Å²) >= 11 is 11.8. The lowest BCUT2D eigenvalue weighted by molar-refractivity contribution is -0.385. The highest BCUT2D eigenvalue weighted by Crippen LogP contribution is 2.28. The van der Waals surface area contributed by atoms with Crippen LogP contribution in [0.4, 0.5) is 5.69 Å². The van der Waals surface area contributed by atoms with Gasteiger partial charge in [-0.15, -0.1) is 0 Å². The van der Waals surface area contributed by atoms with Crippen molar-refractivity contribution in [3.8, 4) is 11.5 Å². The van der Waals surface area contributed by atoms with Crippen molar-refractivity contribution in [1.29, 1.82) is 0 Å². The Balaban J connectivity index is 1.82. The lowest BCUT2D eigenvalue weighted by Crippen LogP contribution is -2.48. The third kappa shape index (κ3) is 6.00. The molecule has 0 aromatic heterocycles. The molecule has 2 rings (SSSR count). The number of nitro benzene ring substituents is 1. The van der Waals surface area contributed by atoms with Gasteiger partial charge < -0.3 is 9.47 Å². The van der Waals surface area contributed by atoms with Gasteiger partial charge in [-0.25, -0.2) is 0 Å². The molecule has 2 amide bonds. The molecule has 0 radical (unpaired) electrons. The molecular weight excluding hydrogens is 413 g/mol. The first kappa shape index (κ1) is 21.3. The number of amides is 2. The molecule has 0 aliphatic heterocycles. The lowest BCUT2D eigenvalue weighted by Gasteiger charge is -2.16. The SMILES string of the molecule is CC(Oc1ccc(Cl)cc1Cl)C(=O)NNC(=O)COc1ccccc1[N+](=O)[O-]. The number of rotatable bonds is 7. The van der Waals surface area contributed by atoms with E-state index in [1.165, 1.54) is 43.3 Å². The maximum atomic E-state index is 12.0. The summed E-state index contributed by atoms with van der Waals surface area (Å²) in [5.74, 6) is -1.18. The molecule has 0 fully saturated rings. The fraction of sp³-hybridized carbons (Fsp3) is 0.176. The highest BCUT2D eigenvalue weighted by Gasteiger charge is 2.18. The van der Waals surface area contributed by atoms with Crippen LogP contribution in [0.5, 0.6) is 11.5 Å². The van der Waals surface area contributed by atoms with Gasteiger partial charge in [0.25, 0.3) is 11.8 Å². The number of para-hydroxylation sites is 2. The molecule has 2 aromatic carbocycles. The van der Waals surface area contributed by atoms with Crippen molar-refractivity contribution >= 4 is 40.7 Å². The zero-order valence-electron chi connectivity index (χ0n) is 14.5. The minimum Gasteiger partial charge on any atom is -0.479 e. The summed E-state index contributed by atoms with van der Waals surface area (Å²) in [6.45, 7) is 0.916. The van der Waals surface area contributed by atoms with Crippen LogP contribution in [-0.2, 0) is 9.59 Å². The number of benzene rings is 2. The van der Waals surface area contributed by atoms with Gasteiger partial charge in [0.05, 0.1) is 9.95 Å². The molecule has 0 saturated heterocycles. The number of hydrogen-bond acceptors (Lipinski definition) is 6. The average molecular weight is 428 g/mol. The van der Waals surface area contributed by atoms with E-state index in [-0.39, 0.29) is 22.2 Å². The molecule has 0 spiro atoms. The van der Waals surface area contributed by atoms with Crippen molar-refractivity contribution in [2.45, 2.75) is 13.0 Å². The number of hydrogen-bond donors (Lipinski definition) is 2. The van der Waals surface area contributed by atoms with Crippen molar-refractivity contribution in [2.24, 2.45) is 0 Å². The maximum Gasteiger partial charge on any atom is 0.310 e. The molecule has 2 aromatic rings. The predicted molar refractivity (Wildman–Crippen MR) is 101 cm³/mol. The molecule has 0 bridgehead atoms. The minimum atomic E-state index is -0.977. The number of halogens is 2. The van der Waals surface area contributed by atoms with Gasteiger partial charge in [0.1, 0.15) is 5.75 Å². The first-order valence-electron chi connectivity index (χ1n) is 7.84. The normalized spacial score (nSPS) is 11.2. The van der Waals surface area contributed by atoms with Crippen LogP contribution in [0.1, 0.15) is 6.92 Å². The number of hydrazine groups is 1. The lowest BCUT2D eigenvalue weighted by atomic mass is 10.3. The van der Waals surface area contributed by atoms with Crippen molar-refractivity contribution < 1.29 is 24.0 Å². The minimum absolute atomic E-state index is 0.0666. The van der Waals surface area contributed by atoms with Crippen LogP contribution in [0.25, 0.3) is 0 Å². The topological polar surface area (TPSA) is 120 Å². The molecule has 148 valence electrons. The Hall–Kier alpha value is -3.04. The molecular formula is C17H15Cl2N3O6. The van der Waals surface area contributed by atoms with Crippen molar-refractivity contribution in [3.05, 3.63) is 62.6 Å². The number of nitrogens with one attached hydrogen (secondary N) is 2. The molecule has 9 nitrogen and oxygen atoms in total. The maximum absolute atomic E-state index is 12.0. The van der Waals surface area contributed by atoms with Gasteiger partial charge in [0.2, 0.25) is 0 Å². The number of carbonyl (C=O) groups excluding carboxylic acids is 2. The van der Waals surface area contributed by atoms with E-state index in [1.54, 1.807) is 6.07 Å². The van der Waals surface area contributed by atoms with Crippen LogP contribution in [0.2, 0.25) is 10.0 Å². The highest BCUT2D eigenvalue weighted by molar-refractivity contribution is 6.35. The van der Waals surface area contributed by atoms with Gasteiger partial charge in [-0.2, -0.15) is 0 Å². The monoisotopic (exact) mass is 427 g/mol. The second kappa shape index (κ2) is 9.77. The molecule has 0 aliphatic carbocycles. The average Bonchev–Trinajstić information content (AvgIpc) is 2.66. The second-order valence-corrected chi connectivity index (χ2v) is 6.23. The Labute approximate surface area is 169 Å². The van der Waals surface area contributed by atoms with Crippen molar-refractivity contribution in [1.82, 2.24) is 10.9 Å². The van der Waals surface area contributed by atoms with Gasteiger partial charge in [-0.3, -0.25) is 30.6 Å². The van der Waals surface area contributed by atoms with Gasteiger partial charge in [-0.05, 0) is 31.2 Å².